The minimum absolute atomic E-state index is 0.0705. The van der Waals surface area contributed by atoms with Crippen molar-refractivity contribution in [3.05, 3.63) is 53.8 Å². The number of carbonyl (C=O) groups excluding carboxylic acids is 1. The average molecular weight is 520 g/mol. The van der Waals surface area contributed by atoms with Crippen molar-refractivity contribution in [2.45, 2.75) is 31.1 Å². The topological polar surface area (TPSA) is 79.8 Å². The van der Waals surface area contributed by atoms with Crippen molar-refractivity contribution in [3.63, 3.8) is 0 Å². The lowest BCUT2D eigenvalue weighted by molar-refractivity contribution is -0.118. The Bertz CT molecular complexity index is 1260. The molecule has 10 heteroatoms. The molecular weight excluding hydrogens is 489 g/mol. The molecule has 2 heterocycles. The van der Waals surface area contributed by atoms with E-state index in [1.807, 2.05) is 6.92 Å². The molecule has 188 valence electrons. The lowest BCUT2D eigenvalue weighted by Crippen LogP contribution is -2.39. The number of benzene rings is 2. The second kappa shape index (κ2) is 11.6. The summed E-state index contributed by atoms with van der Waals surface area (Å²) in [5, 5.41) is 0.443. The third-order valence-corrected chi connectivity index (χ3v) is 8.89. The first-order chi connectivity index (χ1) is 16.8. The molecule has 0 spiro atoms. The van der Waals surface area contributed by atoms with Crippen molar-refractivity contribution in [1.82, 2.24) is 9.88 Å². The number of para-hydroxylation sites is 1. The van der Waals surface area contributed by atoms with E-state index in [2.05, 4.69) is 9.88 Å². The molecule has 1 aromatic heterocycles. The number of thiazole rings is 1. The number of anilines is 1. The molecule has 0 atom stereocenters. The van der Waals surface area contributed by atoms with Gasteiger partial charge in [0.25, 0.3) is 0 Å². The lowest BCUT2D eigenvalue weighted by atomic mass is 10.2. The van der Waals surface area contributed by atoms with Crippen LogP contribution in [0.2, 0.25) is 0 Å². The van der Waals surface area contributed by atoms with Gasteiger partial charge in [0.15, 0.2) is 15.0 Å². The Morgan fingerprint density at radius 3 is 2.60 bits per heavy atom. The van der Waals surface area contributed by atoms with E-state index in [0.717, 1.165) is 31.6 Å². The summed E-state index contributed by atoms with van der Waals surface area (Å²) in [6.07, 6.45) is 1.00. The summed E-state index contributed by atoms with van der Waals surface area (Å²) in [5.41, 5.74) is 1.24. The molecule has 0 unspecified atom stereocenters. The molecule has 1 saturated heterocycles. The Kier molecular flexibility index (Phi) is 8.48. The summed E-state index contributed by atoms with van der Waals surface area (Å²) in [6.45, 7) is 6.27. The fourth-order valence-electron chi connectivity index (χ4n) is 4.03. The van der Waals surface area contributed by atoms with Gasteiger partial charge in [-0.2, -0.15) is 0 Å². The van der Waals surface area contributed by atoms with E-state index in [9.17, 15) is 17.6 Å². The van der Waals surface area contributed by atoms with Crippen molar-refractivity contribution in [1.29, 1.82) is 0 Å². The third-order valence-electron chi connectivity index (χ3n) is 6.03. The maximum atomic E-state index is 14.2. The summed E-state index contributed by atoms with van der Waals surface area (Å²) >= 11 is 1.27. The van der Waals surface area contributed by atoms with Gasteiger partial charge >= 0.3 is 0 Å². The fourth-order valence-corrected chi connectivity index (χ4v) is 6.37. The van der Waals surface area contributed by atoms with Crippen molar-refractivity contribution < 1.29 is 22.3 Å². The molecule has 1 fully saturated rings. The van der Waals surface area contributed by atoms with Gasteiger partial charge in [0, 0.05) is 32.6 Å². The molecule has 3 aromatic rings. The Labute approximate surface area is 209 Å². The molecule has 4 rings (SSSR count). The standard InChI is InChI=1S/C25H30FN3O4S2/c1-19-8-10-20(11-9-19)35(31,32)18-3-7-23(30)29(13-4-12-28-14-16-33-17-15-28)25-27-24-21(26)5-2-6-22(24)34-25/h2,5-6,8-11H,3-4,7,12-18H2,1H3. The van der Waals surface area contributed by atoms with Crippen LogP contribution in [0.15, 0.2) is 47.4 Å². The number of nitrogens with zero attached hydrogens (tertiary/aromatic N) is 3. The molecule has 1 aliphatic rings. The van der Waals surface area contributed by atoms with E-state index in [1.54, 1.807) is 41.3 Å². The zero-order valence-electron chi connectivity index (χ0n) is 19.8. The zero-order chi connectivity index (χ0) is 24.8. The predicted molar refractivity (Wildman–Crippen MR) is 136 cm³/mol. The maximum Gasteiger partial charge on any atom is 0.228 e. The fraction of sp³-hybridized carbons (Fsp3) is 0.440. The summed E-state index contributed by atoms with van der Waals surface area (Å²) in [4.78, 5) is 21.8. The average Bonchev–Trinajstić information content (AvgIpc) is 3.28. The van der Waals surface area contributed by atoms with Crippen LogP contribution < -0.4 is 4.90 Å². The second-order valence-electron chi connectivity index (χ2n) is 8.67. The molecule has 2 aromatic carbocycles. The number of hydrogen-bond acceptors (Lipinski definition) is 7. The highest BCUT2D eigenvalue weighted by molar-refractivity contribution is 7.91. The summed E-state index contributed by atoms with van der Waals surface area (Å²) in [7, 11) is -3.47. The molecule has 1 amide bonds. The number of aryl methyl sites for hydroxylation is 1. The van der Waals surface area contributed by atoms with Crippen LogP contribution in [-0.2, 0) is 19.4 Å². The number of morpholine rings is 1. The van der Waals surface area contributed by atoms with Crippen LogP contribution in [0.25, 0.3) is 10.2 Å². The molecule has 35 heavy (non-hydrogen) atoms. The van der Waals surface area contributed by atoms with E-state index in [-0.39, 0.29) is 34.9 Å². The molecular formula is C25H30FN3O4S2. The minimum atomic E-state index is -3.47. The Morgan fingerprint density at radius 1 is 1.14 bits per heavy atom. The second-order valence-corrected chi connectivity index (χ2v) is 11.8. The number of aromatic nitrogens is 1. The number of fused-ring (bicyclic) bond motifs is 1. The van der Waals surface area contributed by atoms with Gasteiger partial charge in [-0.3, -0.25) is 14.6 Å². The van der Waals surface area contributed by atoms with Gasteiger partial charge < -0.3 is 4.74 Å². The highest BCUT2D eigenvalue weighted by Gasteiger charge is 2.22. The van der Waals surface area contributed by atoms with Crippen molar-refractivity contribution in [3.8, 4) is 0 Å². The van der Waals surface area contributed by atoms with Gasteiger partial charge in [0.2, 0.25) is 5.91 Å². The predicted octanol–water partition coefficient (Wildman–Crippen LogP) is 4.05. The van der Waals surface area contributed by atoms with Crippen LogP contribution in [0.4, 0.5) is 9.52 Å². The summed E-state index contributed by atoms with van der Waals surface area (Å²) in [5.74, 6) is -0.738. The van der Waals surface area contributed by atoms with Gasteiger partial charge in [0.05, 0.1) is 28.6 Å². The molecule has 0 N–H and O–H groups in total. The zero-order valence-corrected chi connectivity index (χ0v) is 21.4. The SMILES string of the molecule is Cc1ccc(S(=O)(=O)CCCC(=O)N(CCCN2CCOCC2)c2nc3c(F)cccc3s2)cc1. The number of amides is 1. The number of hydrogen-bond donors (Lipinski definition) is 0. The molecule has 0 bridgehead atoms. The smallest absolute Gasteiger partial charge is 0.228 e. The van der Waals surface area contributed by atoms with Gasteiger partial charge in [-0.1, -0.05) is 35.1 Å². The highest BCUT2D eigenvalue weighted by atomic mass is 32.2. The minimum Gasteiger partial charge on any atom is -0.379 e. The van der Waals surface area contributed by atoms with Crippen LogP contribution in [0.5, 0.6) is 0 Å². The van der Waals surface area contributed by atoms with Crippen LogP contribution in [0, 0.1) is 12.7 Å². The third kappa shape index (κ3) is 6.63. The van der Waals surface area contributed by atoms with Gasteiger partial charge in [-0.05, 0) is 44.0 Å². The van der Waals surface area contributed by atoms with Crippen LogP contribution in [0.3, 0.4) is 0 Å². The first-order valence-corrected chi connectivity index (χ1v) is 14.3. The number of halogens is 1. The van der Waals surface area contributed by atoms with Crippen LogP contribution in [-0.4, -0.2) is 69.4 Å². The number of carbonyl (C=O) groups is 1. The van der Waals surface area contributed by atoms with Gasteiger partial charge in [0.1, 0.15) is 11.3 Å². The van der Waals surface area contributed by atoms with E-state index in [4.69, 9.17) is 4.74 Å². The number of ether oxygens (including phenoxy) is 1. The summed E-state index contributed by atoms with van der Waals surface area (Å²) < 4.78 is 45.6. The molecule has 1 aliphatic heterocycles. The van der Waals surface area contributed by atoms with Crippen molar-refractivity contribution in [2.24, 2.45) is 0 Å². The van der Waals surface area contributed by atoms with Crippen molar-refractivity contribution >= 4 is 42.4 Å². The van der Waals surface area contributed by atoms with Gasteiger partial charge in [-0.15, -0.1) is 0 Å². The van der Waals surface area contributed by atoms with E-state index < -0.39 is 15.7 Å². The Hall–Kier alpha value is -2.40. The first kappa shape index (κ1) is 25.7. The van der Waals surface area contributed by atoms with E-state index in [0.29, 0.717) is 29.6 Å². The molecule has 0 aliphatic carbocycles. The largest absolute Gasteiger partial charge is 0.379 e. The molecule has 0 radical (unpaired) electrons. The van der Waals surface area contributed by atoms with Crippen LogP contribution in [0.1, 0.15) is 24.8 Å². The first-order valence-electron chi connectivity index (χ1n) is 11.8. The summed E-state index contributed by atoms with van der Waals surface area (Å²) in [6, 6.07) is 11.5. The van der Waals surface area contributed by atoms with E-state index >= 15 is 0 Å². The van der Waals surface area contributed by atoms with Gasteiger partial charge in [-0.25, -0.2) is 17.8 Å². The van der Waals surface area contributed by atoms with E-state index in [1.165, 1.54) is 17.4 Å². The maximum absolute atomic E-state index is 14.2. The highest BCUT2D eigenvalue weighted by Crippen LogP contribution is 2.31. The Balaban J connectivity index is 1.43. The number of rotatable bonds is 10. The quantitative estimate of drug-likeness (QED) is 0.402. The monoisotopic (exact) mass is 519 g/mol. The van der Waals surface area contributed by atoms with Crippen molar-refractivity contribution in [2.75, 3.05) is 50.0 Å². The Morgan fingerprint density at radius 2 is 1.89 bits per heavy atom. The normalized spacial score (nSPS) is 14.9. The lowest BCUT2D eigenvalue weighted by Gasteiger charge is -2.27. The molecule has 7 nitrogen and oxygen atoms in total. The van der Waals surface area contributed by atoms with Crippen LogP contribution >= 0.6 is 11.3 Å². The number of sulfone groups is 1. The molecule has 0 saturated carbocycles.